The van der Waals surface area contributed by atoms with Crippen molar-refractivity contribution in [2.45, 2.75) is 17.9 Å². The van der Waals surface area contributed by atoms with Gasteiger partial charge in [0.2, 0.25) is 10.0 Å². The third-order valence-corrected chi connectivity index (χ3v) is 7.27. The molecule has 1 aliphatic heterocycles. The smallest absolute Gasteiger partial charge is 0.253 e. The van der Waals surface area contributed by atoms with Crippen LogP contribution in [0.5, 0.6) is 11.5 Å². The van der Waals surface area contributed by atoms with Gasteiger partial charge in [0.15, 0.2) is 11.5 Å². The van der Waals surface area contributed by atoms with Crippen molar-refractivity contribution in [1.82, 2.24) is 9.62 Å². The number of halogens is 1. The maximum absolute atomic E-state index is 12.9. The zero-order valence-corrected chi connectivity index (χ0v) is 19.1. The van der Waals surface area contributed by atoms with Gasteiger partial charge in [-0.25, -0.2) is 8.42 Å². The van der Waals surface area contributed by atoms with Gasteiger partial charge in [-0.15, -0.1) is 0 Å². The Morgan fingerprint density at radius 2 is 1.77 bits per heavy atom. The Balaban J connectivity index is 1.82. The molecule has 1 aliphatic rings. The normalized spacial score (nSPS) is 15.9. The molecule has 1 N–H and O–H groups in total. The van der Waals surface area contributed by atoms with E-state index in [1.807, 2.05) is 6.07 Å². The number of morpholine rings is 1. The molecule has 1 amide bonds. The molecule has 8 nitrogen and oxygen atoms in total. The van der Waals surface area contributed by atoms with Gasteiger partial charge in [0.05, 0.1) is 49.0 Å². The molecule has 0 aliphatic carbocycles. The molecule has 31 heavy (non-hydrogen) atoms. The molecule has 0 radical (unpaired) electrons. The van der Waals surface area contributed by atoms with E-state index < -0.39 is 15.9 Å². The minimum Gasteiger partial charge on any atom is -0.493 e. The summed E-state index contributed by atoms with van der Waals surface area (Å²) in [5.41, 5.74) is 0.877. The van der Waals surface area contributed by atoms with E-state index in [2.05, 4.69) is 5.32 Å². The molecule has 1 fully saturated rings. The van der Waals surface area contributed by atoms with E-state index in [0.717, 1.165) is 5.56 Å². The minimum atomic E-state index is -3.75. The van der Waals surface area contributed by atoms with Crippen LogP contribution in [0.4, 0.5) is 0 Å². The Morgan fingerprint density at radius 3 is 2.42 bits per heavy atom. The number of benzene rings is 2. The van der Waals surface area contributed by atoms with Crippen LogP contribution < -0.4 is 14.8 Å². The topological polar surface area (TPSA) is 94.2 Å². The molecule has 10 heteroatoms. The number of amides is 1. The first-order valence-corrected chi connectivity index (χ1v) is 11.5. The van der Waals surface area contributed by atoms with Crippen LogP contribution in [-0.2, 0) is 14.8 Å². The zero-order valence-electron chi connectivity index (χ0n) is 17.6. The van der Waals surface area contributed by atoms with Gasteiger partial charge in [0, 0.05) is 13.1 Å². The Morgan fingerprint density at radius 1 is 1.10 bits per heavy atom. The van der Waals surface area contributed by atoms with Crippen molar-refractivity contribution in [2.24, 2.45) is 0 Å². The predicted molar refractivity (Wildman–Crippen MR) is 116 cm³/mol. The van der Waals surface area contributed by atoms with Gasteiger partial charge in [-0.1, -0.05) is 17.7 Å². The Bertz CT molecular complexity index is 1050. The van der Waals surface area contributed by atoms with E-state index in [9.17, 15) is 13.2 Å². The molecule has 0 aromatic heterocycles. The average Bonchev–Trinajstić information content (AvgIpc) is 2.79. The van der Waals surface area contributed by atoms with Crippen LogP contribution >= 0.6 is 11.6 Å². The number of sulfonamides is 1. The van der Waals surface area contributed by atoms with E-state index in [-0.39, 0.29) is 34.6 Å². The highest BCUT2D eigenvalue weighted by Crippen LogP contribution is 2.30. The summed E-state index contributed by atoms with van der Waals surface area (Å²) in [6.07, 6.45) is 0. The molecule has 1 saturated heterocycles. The summed E-state index contributed by atoms with van der Waals surface area (Å²) in [6, 6.07) is 9.08. The lowest BCUT2D eigenvalue weighted by Crippen LogP contribution is -2.40. The fourth-order valence-corrected chi connectivity index (χ4v) is 4.89. The van der Waals surface area contributed by atoms with Crippen LogP contribution in [0, 0.1) is 0 Å². The van der Waals surface area contributed by atoms with E-state index in [1.54, 1.807) is 26.2 Å². The molecule has 2 aromatic rings. The number of nitrogens with zero attached hydrogens (tertiary/aromatic N) is 1. The number of hydrogen-bond donors (Lipinski definition) is 1. The molecule has 1 atom stereocenters. The Labute approximate surface area is 187 Å². The molecular weight excluding hydrogens is 444 g/mol. The summed E-state index contributed by atoms with van der Waals surface area (Å²) < 4.78 is 42.9. The van der Waals surface area contributed by atoms with E-state index in [0.29, 0.717) is 24.7 Å². The van der Waals surface area contributed by atoms with Gasteiger partial charge in [0.25, 0.3) is 5.91 Å². The first kappa shape index (κ1) is 23.3. The number of carbonyl (C=O) groups is 1. The van der Waals surface area contributed by atoms with Gasteiger partial charge in [-0.3, -0.25) is 4.79 Å². The SMILES string of the molecule is COc1ccc([C@@H](C)NC(=O)c2cc(S(=O)(=O)N3CCOCC3)ccc2Cl)cc1OC. The van der Waals surface area contributed by atoms with E-state index in [4.69, 9.17) is 25.8 Å². The van der Waals surface area contributed by atoms with Crippen molar-refractivity contribution in [1.29, 1.82) is 0 Å². The molecule has 0 unspecified atom stereocenters. The lowest BCUT2D eigenvalue weighted by molar-refractivity contribution is 0.0730. The second-order valence-corrected chi connectivity index (χ2v) is 9.31. The van der Waals surface area contributed by atoms with Crippen LogP contribution in [0.3, 0.4) is 0 Å². The molecule has 168 valence electrons. The van der Waals surface area contributed by atoms with Crippen LogP contribution in [0.15, 0.2) is 41.3 Å². The minimum absolute atomic E-state index is 0.0164. The highest BCUT2D eigenvalue weighted by molar-refractivity contribution is 7.89. The van der Waals surface area contributed by atoms with Crippen molar-refractivity contribution in [3.05, 3.63) is 52.5 Å². The Kier molecular flexibility index (Phi) is 7.42. The third-order valence-electron chi connectivity index (χ3n) is 5.05. The van der Waals surface area contributed by atoms with Gasteiger partial charge in [-0.2, -0.15) is 4.31 Å². The number of ether oxygens (including phenoxy) is 3. The fraction of sp³-hybridized carbons (Fsp3) is 0.381. The van der Waals surface area contributed by atoms with Crippen molar-refractivity contribution in [2.75, 3.05) is 40.5 Å². The van der Waals surface area contributed by atoms with Gasteiger partial charge in [-0.05, 0) is 42.8 Å². The summed E-state index contributed by atoms with van der Waals surface area (Å²) in [4.78, 5) is 12.9. The van der Waals surface area contributed by atoms with Crippen molar-refractivity contribution in [3.63, 3.8) is 0 Å². The molecule has 0 saturated carbocycles. The summed E-state index contributed by atoms with van der Waals surface area (Å²) in [6.45, 7) is 3.01. The van der Waals surface area contributed by atoms with E-state index >= 15 is 0 Å². The van der Waals surface area contributed by atoms with Crippen LogP contribution in [-0.4, -0.2) is 59.2 Å². The number of methoxy groups -OCH3 is 2. The largest absolute Gasteiger partial charge is 0.493 e. The standard InChI is InChI=1S/C21H25ClN2O6S/c1-14(15-4-7-19(28-2)20(12-15)29-3)23-21(25)17-13-16(5-6-18(17)22)31(26,27)24-8-10-30-11-9-24/h4-7,12-14H,8-11H2,1-3H3,(H,23,25)/t14-/m1/s1. The second kappa shape index (κ2) is 9.86. The number of hydrogen-bond acceptors (Lipinski definition) is 6. The zero-order chi connectivity index (χ0) is 22.6. The van der Waals surface area contributed by atoms with Gasteiger partial charge < -0.3 is 19.5 Å². The molecule has 0 spiro atoms. The summed E-state index contributed by atoms with van der Waals surface area (Å²) in [5, 5.41) is 3.02. The number of carbonyl (C=O) groups excluding carboxylic acids is 1. The predicted octanol–water partition coefficient (Wildman–Crippen LogP) is 2.87. The van der Waals surface area contributed by atoms with E-state index in [1.165, 1.54) is 29.6 Å². The maximum atomic E-state index is 12.9. The van der Waals surface area contributed by atoms with Crippen molar-refractivity contribution >= 4 is 27.5 Å². The number of rotatable bonds is 7. The van der Waals surface area contributed by atoms with Gasteiger partial charge in [0.1, 0.15) is 0 Å². The van der Waals surface area contributed by atoms with Gasteiger partial charge >= 0.3 is 0 Å². The summed E-state index contributed by atoms with van der Waals surface area (Å²) in [5.74, 6) is 0.637. The first-order chi connectivity index (χ1) is 14.8. The lowest BCUT2D eigenvalue weighted by Gasteiger charge is -2.26. The summed E-state index contributed by atoms with van der Waals surface area (Å²) in [7, 11) is -0.671. The van der Waals surface area contributed by atoms with Crippen molar-refractivity contribution < 1.29 is 27.4 Å². The monoisotopic (exact) mass is 468 g/mol. The van der Waals surface area contributed by atoms with Crippen LogP contribution in [0.1, 0.15) is 28.9 Å². The number of nitrogens with one attached hydrogen (secondary N) is 1. The molecule has 3 rings (SSSR count). The maximum Gasteiger partial charge on any atom is 0.253 e. The third kappa shape index (κ3) is 5.12. The molecule has 2 aromatic carbocycles. The first-order valence-electron chi connectivity index (χ1n) is 9.68. The average molecular weight is 469 g/mol. The van der Waals surface area contributed by atoms with Crippen LogP contribution in [0.25, 0.3) is 0 Å². The molecule has 0 bridgehead atoms. The highest BCUT2D eigenvalue weighted by Gasteiger charge is 2.28. The Hall–Kier alpha value is -2.33. The highest BCUT2D eigenvalue weighted by atomic mass is 35.5. The quantitative estimate of drug-likeness (QED) is 0.671. The second-order valence-electron chi connectivity index (χ2n) is 6.97. The van der Waals surface area contributed by atoms with Crippen molar-refractivity contribution in [3.8, 4) is 11.5 Å². The fourth-order valence-electron chi connectivity index (χ4n) is 3.25. The molecule has 1 heterocycles. The molecular formula is C21H25ClN2O6S. The lowest BCUT2D eigenvalue weighted by atomic mass is 10.1. The summed E-state index contributed by atoms with van der Waals surface area (Å²) >= 11 is 6.22. The van der Waals surface area contributed by atoms with Crippen LogP contribution in [0.2, 0.25) is 5.02 Å².